The molecule has 80 valence electrons. The zero-order chi connectivity index (χ0) is 9.80. The lowest BCUT2D eigenvalue weighted by molar-refractivity contribution is 0.102. The van der Waals surface area contributed by atoms with Gasteiger partial charge in [-0.2, -0.15) is 0 Å². The van der Waals surface area contributed by atoms with Crippen LogP contribution in [-0.2, 0) is 4.84 Å². The average Bonchev–Trinajstić information content (AvgIpc) is 2.67. The van der Waals surface area contributed by atoms with Gasteiger partial charge in [0.05, 0.1) is 11.6 Å². The summed E-state index contributed by atoms with van der Waals surface area (Å²) >= 11 is 5.72. The van der Waals surface area contributed by atoms with Crippen LogP contribution in [0.4, 0.5) is 0 Å². The molecule has 3 heteroatoms. The van der Waals surface area contributed by atoms with Crippen LogP contribution in [0, 0.1) is 5.92 Å². The minimum atomic E-state index is 0.148. The summed E-state index contributed by atoms with van der Waals surface area (Å²) in [5.74, 6) is 1.43. The molecule has 1 saturated carbocycles. The molecule has 1 heterocycles. The monoisotopic (exact) mass is 215 g/mol. The SMILES string of the molecule is ClCC1CC(CC2CCCCC2)=NO1. The average molecular weight is 216 g/mol. The normalized spacial score (nSPS) is 28.6. The predicted octanol–water partition coefficient (Wildman–Crippen LogP) is 3.34. The smallest absolute Gasteiger partial charge is 0.146 e. The molecule has 2 aliphatic rings. The van der Waals surface area contributed by atoms with Crippen LogP contribution in [0.3, 0.4) is 0 Å². The molecule has 14 heavy (non-hydrogen) atoms. The standard InChI is InChI=1S/C11H18ClNO/c12-8-11-7-10(13-14-11)6-9-4-2-1-3-5-9/h9,11H,1-8H2. The molecule has 0 aromatic rings. The Kier molecular flexibility index (Phi) is 3.68. The highest BCUT2D eigenvalue weighted by atomic mass is 35.5. The van der Waals surface area contributed by atoms with Crippen molar-refractivity contribution in [3.05, 3.63) is 0 Å². The van der Waals surface area contributed by atoms with Crippen molar-refractivity contribution >= 4 is 17.3 Å². The first-order chi connectivity index (χ1) is 6.88. The van der Waals surface area contributed by atoms with Gasteiger partial charge in [0, 0.05) is 6.42 Å². The van der Waals surface area contributed by atoms with E-state index in [1.165, 1.54) is 37.8 Å². The Morgan fingerprint density at radius 3 is 2.71 bits per heavy atom. The van der Waals surface area contributed by atoms with Crippen LogP contribution in [0.2, 0.25) is 0 Å². The number of halogens is 1. The summed E-state index contributed by atoms with van der Waals surface area (Å²) in [6.45, 7) is 0. The number of hydrogen-bond acceptors (Lipinski definition) is 2. The van der Waals surface area contributed by atoms with Crippen LogP contribution >= 0.6 is 11.6 Å². The van der Waals surface area contributed by atoms with Crippen molar-refractivity contribution in [3.8, 4) is 0 Å². The Morgan fingerprint density at radius 2 is 2.07 bits per heavy atom. The predicted molar refractivity (Wildman–Crippen MR) is 58.8 cm³/mol. The van der Waals surface area contributed by atoms with Crippen molar-refractivity contribution in [1.82, 2.24) is 0 Å². The van der Waals surface area contributed by atoms with Gasteiger partial charge in [-0.25, -0.2) is 0 Å². The van der Waals surface area contributed by atoms with E-state index in [4.69, 9.17) is 16.4 Å². The minimum absolute atomic E-state index is 0.148. The molecule has 0 N–H and O–H groups in total. The largest absolute Gasteiger partial charge is 0.391 e. The number of alkyl halides is 1. The molecule has 1 atom stereocenters. The van der Waals surface area contributed by atoms with Gasteiger partial charge < -0.3 is 4.84 Å². The third-order valence-electron chi connectivity index (χ3n) is 3.22. The maximum atomic E-state index is 5.72. The minimum Gasteiger partial charge on any atom is -0.391 e. The van der Waals surface area contributed by atoms with E-state index in [1.807, 2.05) is 0 Å². The third kappa shape index (κ3) is 2.63. The zero-order valence-corrected chi connectivity index (χ0v) is 9.30. The molecule has 1 unspecified atom stereocenters. The van der Waals surface area contributed by atoms with Crippen molar-refractivity contribution in [2.75, 3.05) is 5.88 Å². The molecule has 0 spiro atoms. The van der Waals surface area contributed by atoms with Crippen LogP contribution in [-0.4, -0.2) is 17.7 Å². The van der Waals surface area contributed by atoms with Crippen LogP contribution in [0.5, 0.6) is 0 Å². The van der Waals surface area contributed by atoms with E-state index in [0.29, 0.717) is 5.88 Å². The summed E-state index contributed by atoms with van der Waals surface area (Å²) in [4.78, 5) is 5.21. The fourth-order valence-electron chi connectivity index (χ4n) is 2.41. The van der Waals surface area contributed by atoms with Gasteiger partial charge in [-0.15, -0.1) is 11.6 Å². The van der Waals surface area contributed by atoms with Gasteiger partial charge in [-0.05, 0) is 12.3 Å². The molecule has 0 bridgehead atoms. The Bertz CT molecular complexity index is 211. The van der Waals surface area contributed by atoms with Crippen LogP contribution < -0.4 is 0 Å². The fourth-order valence-corrected chi connectivity index (χ4v) is 2.58. The second-order valence-electron chi connectivity index (χ2n) is 4.45. The molecule has 0 aromatic carbocycles. The van der Waals surface area contributed by atoms with E-state index >= 15 is 0 Å². The zero-order valence-electron chi connectivity index (χ0n) is 8.54. The van der Waals surface area contributed by atoms with Gasteiger partial charge in [0.25, 0.3) is 0 Å². The highest BCUT2D eigenvalue weighted by molar-refractivity contribution is 6.18. The van der Waals surface area contributed by atoms with E-state index in [9.17, 15) is 0 Å². The highest BCUT2D eigenvalue weighted by Gasteiger charge is 2.23. The van der Waals surface area contributed by atoms with E-state index in [0.717, 1.165) is 18.8 Å². The molecule has 2 rings (SSSR count). The highest BCUT2D eigenvalue weighted by Crippen LogP contribution is 2.28. The Balaban J connectivity index is 1.75. The van der Waals surface area contributed by atoms with Gasteiger partial charge in [-0.1, -0.05) is 37.3 Å². The number of nitrogens with zero attached hydrogens (tertiary/aromatic N) is 1. The van der Waals surface area contributed by atoms with E-state index in [1.54, 1.807) is 0 Å². The number of hydrogen-bond donors (Lipinski definition) is 0. The van der Waals surface area contributed by atoms with Gasteiger partial charge in [-0.3, -0.25) is 0 Å². The first-order valence-corrected chi connectivity index (χ1v) is 6.19. The summed E-state index contributed by atoms with van der Waals surface area (Å²) in [6.07, 6.45) is 9.23. The lowest BCUT2D eigenvalue weighted by atomic mass is 9.85. The third-order valence-corrected chi connectivity index (χ3v) is 3.56. The molecule has 0 amide bonds. The lowest BCUT2D eigenvalue weighted by Crippen LogP contribution is -2.14. The maximum Gasteiger partial charge on any atom is 0.146 e. The Hall–Kier alpha value is -0.240. The van der Waals surface area contributed by atoms with Crippen molar-refractivity contribution in [3.63, 3.8) is 0 Å². The maximum absolute atomic E-state index is 5.72. The molecular formula is C11H18ClNO. The second-order valence-corrected chi connectivity index (χ2v) is 4.76. The molecule has 2 nitrogen and oxygen atoms in total. The van der Waals surface area contributed by atoms with Crippen LogP contribution in [0.25, 0.3) is 0 Å². The summed E-state index contributed by atoms with van der Waals surface area (Å²) in [5, 5.41) is 4.11. The topological polar surface area (TPSA) is 21.6 Å². The van der Waals surface area contributed by atoms with E-state index < -0.39 is 0 Å². The Labute approximate surface area is 90.6 Å². The molecule has 0 aromatic heterocycles. The van der Waals surface area contributed by atoms with Crippen molar-refractivity contribution in [2.45, 2.75) is 51.0 Å². The molecule has 1 aliphatic carbocycles. The quantitative estimate of drug-likeness (QED) is 0.662. The van der Waals surface area contributed by atoms with Crippen LogP contribution in [0.15, 0.2) is 5.16 Å². The van der Waals surface area contributed by atoms with Crippen molar-refractivity contribution in [1.29, 1.82) is 0 Å². The number of oxime groups is 1. The van der Waals surface area contributed by atoms with Gasteiger partial charge in [0.2, 0.25) is 0 Å². The summed E-state index contributed by atoms with van der Waals surface area (Å²) in [7, 11) is 0. The fraction of sp³-hybridized carbons (Fsp3) is 0.909. The van der Waals surface area contributed by atoms with Crippen molar-refractivity contribution < 1.29 is 4.84 Å². The van der Waals surface area contributed by atoms with Gasteiger partial charge >= 0.3 is 0 Å². The van der Waals surface area contributed by atoms with Crippen LogP contribution in [0.1, 0.15) is 44.9 Å². The van der Waals surface area contributed by atoms with Gasteiger partial charge in [0.1, 0.15) is 6.10 Å². The van der Waals surface area contributed by atoms with E-state index in [2.05, 4.69) is 5.16 Å². The van der Waals surface area contributed by atoms with Crippen molar-refractivity contribution in [2.24, 2.45) is 11.1 Å². The Morgan fingerprint density at radius 1 is 1.29 bits per heavy atom. The first kappa shape index (κ1) is 10.3. The molecule has 0 radical (unpaired) electrons. The lowest BCUT2D eigenvalue weighted by Gasteiger charge is -2.20. The summed E-state index contributed by atoms with van der Waals surface area (Å²) < 4.78 is 0. The van der Waals surface area contributed by atoms with Gasteiger partial charge in [0.15, 0.2) is 0 Å². The summed E-state index contributed by atoms with van der Waals surface area (Å²) in [6, 6.07) is 0. The molecule has 1 aliphatic heterocycles. The number of rotatable bonds is 3. The molecule has 1 fully saturated rings. The second kappa shape index (κ2) is 5.01. The molecular weight excluding hydrogens is 198 g/mol. The summed E-state index contributed by atoms with van der Waals surface area (Å²) in [5.41, 5.74) is 1.24. The first-order valence-electron chi connectivity index (χ1n) is 5.66. The van der Waals surface area contributed by atoms with E-state index in [-0.39, 0.29) is 6.10 Å². The molecule has 0 saturated heterocycles.